The zero-order valence-electron chi connectivity index (χ0n) is 13.8. The first-order valence-electron chi connectivity index (χ1n) is 7.90. The largest absolute Gasteiger partial charge is 0.379 e. The number of allylic oxidation sites excluding steroid dienone is 1. The predicted molar refractivity (Wildman–Crippen MR) is 95.9 cm³/mol. The molecule has 1 N–H and O–H groups in total. The molecule has 0 aliphatic carbocycles. The maximum Gasteiger partial charge on any atom is 0.345 e. The quantitative estimate of drug-likeness (QED) is 0.775. The van der Waals surface area contributed by atoms with Gasteiger partial charge in [0.15, 0.2) is 0 Å². The van der Waals surface area contributed by atoms with Crippen LogP contribution in [0, 0.1) is 0 Å². The molecule has 0 atom stereocenters. The lowest BCUT2D eigenvalue weighted by molar-refractivity contribution is -0.118. The van der Waals surface area contributed by atoms with Crippen LogP contribution in [0.15, 0.2) is 33.7 Å². The highest BCUT2D eigenvalue weighted by Gasteiger charge is 2.30. The highest BCUT2D eigenvalue weighted by molar-refractivity contribution is 7.88. The molecular formula is C15H20N4O4S2. The smallest absolute Gasteiger partial charge is 0.345 e. The number of ether oxygens (including phenoxy) is 1. The zero-order valence-corrected chi connectivity index (χ0v) is 15.5. The predicted octanol–water partition coefficient (Wildman–Crippen LogP) is 0.0597. The van der Waals surface area contributed by atoms with E-state index in [0.717, 1.165) is 17.4 Å². The normalized spacial score (nSPS) is 20.8. The number of carbonyl (C=O) groups excluding carboxylic acids is 1. The molecule has 8 nitrogen and oxygen atoms in total. The van der Waals surface area contributed by atoms with Crippen LogP contribution in [0.25, 0.3) is 0 Å². The Morgan fingerprint density at radius 2 is 2.16 bits per heavy atom. The Bertz CT molecular complexity index is 780. The summed E-state index contributed by atoms with van der Waals surface area (Å²) in [4.78, 5) is 15.4. The summed E-state index contributed by atoms with van der Waals surface area (Å²) >= 11 is 1.37. The number of morpholine rings is 1. The van der Waals surface area contributed by atoms with Gasteiger partial charge in [-0.1, -0.05) is 6.07 Å². The lowest BCUT2D eigenvalue weighted by atomic mass is 10.2. The SMILES string of the molecule is CN1C(C(=O)NCCN2CCOCC2)=CC(c2cccs2)=NS1(=O)=O. The maximum atomic E-state index is 12.5. The first-order chi connectivity index (χ1) is 12.0. The van der Waals surface area contributed by atoms with E-state index >= 15 is 0 Å². The summed E-state index contributed by atoms with van der Waals surface area (Å²) in [6.45, 7) is 4.20. The van der Waals surface area contributed by atoms with Crippen LogP contribution in [0.3, 0.4) is 0 Å². The molecule has 1 aromatic heterocycles. The average molecular weight is 384 g/mol. The van der Waals surface area contributed by atoms with E-state index in [-0.39, 0.29) is 11.4 Å². The third-order valence-corrected chi connectivity index (χ3v) is 6.20. The van der Waals surface area contributed by atoms with E-state index in [2.05, 4.69) is 14.6 Å². The highest BCUT2D eigenvalue weighted by Crippen LogP contribution is 2.21. The van der Waals surface area contributed by atoms with Crippen molar-refractivity contribution < 1.29 is 17.9 Å². The Hall–Kier alpha value is -1.75. The van der Waals surface area contributed by atoms with Crippen molar-refractivity contribution in [1.82, 2.24) is 14.5 Å². The molecule has 0 aromatic carbocycles. The molecule has 1 saturated heterocycles. The molecule has 2 aliphatic heterocycles. The molecule has 3 rings (SSSR count). The Balaban J connectivity index is 1.68. The Kier molecular flexibility index (Phi) is 5.52. The van der Waals surface area contributed by atoms with E-state index in [1.807, 2.05) is 11.4 Å². The van der Waals surface area contributed by atoms with Crippen molar-refractivity contribution in [2.75, 3.05) is 46.4 Å². The van der Waals surface area contributed by atoms with Crippen LogP contribution in [0.1, 0.15) is 4.88 Å². The number of hydrogen-bond acceptors (Lipinski definition) is 6. The monoisotopic (exact) mass is 384 g/mol. The number of nitrogens with one attached hydrogen (secondary N) is 1. The molecule has 0 bridgehead atoms. The van der Waals surface area contributed by atoms with E-state index in [1.54, 1.807) is 6.07 Å². The highest BCUT2D eigenvalue weighted by atomic mass is 32.2. The van der Waals surface area contributed by atoms with Crippen LogP contribution < -0.4 is 5.32 Å². The van der Waals surface area contributed by atoms with Crippen molar-refractivity contribution in [3.8, 4) is 0 Å². The van der Waals surface area contributed by atoms with Gasteiger partial charge in [-0.05, 0) is 17.5 Å². The van der Waals surface area contributed by atoms with E-state index in [9.17, 15) is 13.2 Å². The number of carbonyl (C=O) groups is 1. The number of rotatable bonds is 5. The van der Waals surface area contributed by atoms with Gasteiger partial charge in [0.05, 0.1) is 23.8 Å². The van der Waals surface area contributed by atoms with Gasteiger partial charge >= 0.3 is 10.2 Å². The summed E-state index contributed by atoms with van der Waals surface area (Å²) in [5, 5.41) is 4.62. The second kappa shape index (κ2) is 7.65. The number of likely N-dealkylation sites (N-methyl/N-ethyl adjacent to an activating group) is 1. The Morgan fingerprint density at radius 1 is 1.40 bits per heavy atom. The Morgan fingerprint density at radius 3 is 2.84 bits per heavy atom. The molecule has 136 valence electrons. The molecule has 1 amide bonds. The maximum absolute atomic E-state index is 12.5. The molecule has 0 saturated carbocycles. The molecule has 10 heteroatoms. The standard InChI is InChI=1S/C15H20N4O4S2/c1-18-13(15(20)16-4-5-19-6-8-23-9-7-19)11-12(17-25(18,21)22)14-3-2-10-24-14/h2-3,10-11H,4-9H2,1H3,(H,16,20). The van der Waals surface area contributed by atoms with Crippen molar-refractivity contribution in [2.24, 2.45) is 4.40 Å². The fraction of sp³-hybridized carbons (Fsp3) is 0.467. The molecule has 3 heterocycles. The van der Waals surface area contributed by atoms with Crippen molar-refractivity contribution in [1.29, 1.82) is 0 Å². The molecule has 2 aliphatic rings. The average Bonchev–Trinajstić information content (AvgIpc) is 3.12. The molecule has 25 heavy (non-hydrogen) atoms. The second-order valence-corrected chi connectivity index (χ2v) is 8.21. The zero-order chi connectivity index (χ0) is 17.9. The van der Waals surface area contributed by atoms with Crippen molar-refractivity contribution in [3.05, 3.63) is 34.2 Å². The van der Waals surface area contributed by atoms with Crippen molar-refractivity contribution in [2.45, 2.75) is 0 Å². The van der Waals surface area contributed by atoms with Gasteiger partial charge < -0.3 is 10.1 Å². The number of hydrogen-bond donors (Lipinski definition) is 1. The fourth-order valence-corrected chi connectivity index (χ4v) is 4.20. The fourth-order valence-electron chi connectivity index (χ4n) is 2.55. The molecule has 0 unspecified atom stereocenters. The lowest BCUT2D eigenvalue weighted by Crippen LogP contribution is -2.43. The van der Waals surface area contributed by atoms with Gasteiger partial charge in [-0.2, -0.15) is 8.42 Å². The summed E-state index contributed by atoms with van der Waals surface area (Å²) in [6, 6.07) is 3.58. The van der Waals surface area contributed by atoms with Crippen LogP contribution in [-0.4, -0.2) is 75.7 Å². The van der Waals surface area contributed by atoms with Crippen LogP contribution in [0.4, 0.5) is 0 Å². The van der Waals surface area contributed by atoms with Gasteiger partial charge in [-0.15, -0.1) is 15.7 Å². The molecule has 0 spiro atoms. The van der Waals surface area contributed by atoms with Gasteiger partial charge in [0.1, 0.15) is 5.70 Å². The second-order valence-electron chi connectivity index (χ2n) is 5.64. The first-order valence-corrected chi connectivity index (χ1v) is 10.2. The van der Waals surface area contributed by atoms with Crippen molar-refractivity contribution >= 4 is 33.2 Å². The minimum atomic E-state index is -3.90. The third-order valence-electron chi connectivity index (χ3n) is 4.00. The van der Waals surface area contributed by atoms with Crippen LogP contribution in [0.2, 0.25) is 0 Å². The number of thiophene rings is 1. The van der Waals surface area contributed by atoms with Gasteiger partial charge in [0.25, 0.3) is 5.91 Å². The summed E-state index contributed by atoms with van der Waals surface area (Å²) in [6.07, 6.45) is 1.51. The minimum Gasteiger partial charge on any atom is -0.379 e. The van der Waals surface area contributed by atoms with E-state index in [1.165, 1.54) is 24.5 Å². The van der Waals surface area contributed by atoms with Crippen LogP contribution in [0.5, 0.6) is 0 Å². The molecule has 1 fully saturated rings. The number of amides is 1. The van der Waals surface area contributed by atoms with Crippen LogP contribution in [-0.2, 0) is 19.7 Å². The van der Waals surface area contributed by atoms with E-state index < -0.39 is 16.1 Å². The van der Waals surface area contributed by atoms with Gasteiger partial charge in [0, 0.05) is 33.2 Å². The Labute approximate surface area is 151 Å². The van der Waals surface area contributed by atoms with Crippen molar-refractivity contribution in [3.63, 3.8) is 0 Å². The molecule has 0 radical (unpaired) electrons. The summed E-state index contributed by atoms with van der Waals surface area (Å²) in [5.41, 5.74) is 0.354. The topological polar surface area (TPSA) is 91.3 Å². The third kappa shape index (κ3) is 4.27. The molecule has 1 aromatic rings. The van der Waals surface area contributed by atoms with Crippen LogP contribution >= 0.6 is 11.3 Å². The minimum absolute atomic E-state index is 0.0698. The first kappa shape index (κ1) is 18.1. The van der Waals surface area contributed by atoms with E-state index in [0.29, 0.717) is 31.2 Å². The summed E-state index contributed by atoms with van der Waals surface area (Å²) in [5.74, 6) is -0.428. The van der Waals surface area contributed by atoms with Gasteiger partial charge in [0.2, 0.25) is 0 Å². The van der Waals surface area contributed by atoms with Gasteiger partial charge in [-0.25, -0.2) is 4.31 Å². The number of nitrogens with zero attached hydrogens (tertiary/aromatic N) is 3. The molecular weight excluding hydrogens is 364 g/mol. The summed E-state index contributed by atoms with van der Waals surface area (Å²) in [7, 11) is -2.57. The van der Waals surface area contributed by atoms with Gasteiger partial charge in [-0.3, -0.25) is 9.69 Å². The van der Waals surface area contributed by atoms with E-state index in [4.69, 9.17) is 4.74 Å². The summed E-state index contributed by atoms with van der Waals surface area (Å²) < 4.78 is 34.4. The lowest BCUT2D eigenvalue weighted by Gasteiger charge is -2.27.